The summed E-state index contributed by atoms with van der Waals surface area (Å²) in [7, 11) is 0. The maximum absolute atomic E-state index is 12.9. The summed E-state index contributed by atoms with van der Waals surface area (Å²) in [6, 6.07) is 1.85. The highest BCUT2D eigenvalue weighted by molar-refractivity contribution is 6.07. The fourth-order valence-electron chi connectivity index (χ4n) is 4.68. The van der Waals surface area contributed by atoms with Crippen molar-refractivity contribution in [2.75, 3.05) is 45.8 Å². The molecule has 3 fully saturated rings. The zero-order chi connectivity index (χ0) is 19.1. The Morgan fingerprint density at radius 1 is 1.21 bits per heavy atom. The molecule has 8 heteroatoms. The average molecular weight is 383 g/mol. The number of furan rings is 1. The number of piperazine rings is 1. The highest BCUT2D eigenvalue weighted by atomic mass is 16.3. The Hall–Kier alpha value is -2.45. The predicted octanol–water partition coefficient (Wildman–Crippen LogP) is 0.697. The van der Waals surface area contributed by atoms with Crippen molar-refractivity contribution < 1.29 is 14.0 Å². The lowest BCUT2D eigenvalue weighted by atomic mass is 9.97. The van der Waals surface area contributed by atoms with E-state index in [-0.39, 0.29) is 17.9 Å². The van der Waals surface area contributed by atoms with E-state index in [1.807, 2.05) is 4.90 Å². The van der Waals surface area contributed by atoms with Gasteiger partial charge < -0.3 is 24.9 Å². The molecule has 2 N–H and O–H groups in total. The summed E-state index contributed by atoms with van der Waals surface area (Å²) in [5.74, 6) is 0.442. The van der Waals surface area contributed by atoms with Crippen molar-refractivity contribution in [1.29, 1.82) is 0 Å². The van der Waals surface area contributed by atoms with Crippen molar-refractivity contribution in [3.63, 3.8) is 0 Å². The van der Waals surface area contributed by atoms with Crippen LogP contribution in [-0.4, -0.2) is 78.5 Å². The first-order chi connectivity index (χ1) is 13.7. The van der Waals surface area contributed by atoms with E-state index in [4.69, 9.17) is 4.42 Å². The van der Waals surface area contributed by atoms with Gasteiger partial charge in [-0.15, -0.1) is 0 Å². The summed E-state index contributed by atoms with van der Waals surface area (Å²) < 4.78 is 5.52. The van der Waals surface area contributed by atoms with Crippen molar-refractivity contribution in [1.82, 2.24) is 25.4 Å². The average Bonchev–Trinajstić information content (AvgIpc) is 3.30. The van der Waals surface area contributed by atoms with E-state index in [1.165, 1.54) is 18.9 Å². The van der Waals surface area contributed by atoms with E-state index in [0.717, 1.165) is 39.1 Å². The van der Waals surface area contributed by atoms with Gasteiger partial charge in [-0.1, -0.05) is 0 Å². The van der Waals surface area contributed by atoms with Crippen LogP contribution in [0.2, 0.25) is 0 Å². The molecule has 2 aromatic rings. The molecule has 2 aromatic heterocycles. The molecule has 2 bridgehead atoms. The fourth-order valence-corrected chi connectivity index (χ4v) is 4.68. The molecule has 0 aromatic carbocycles. The van der Waals surface area contributed by atoms with Gasteiger partial charge in [-0.25, -0.2) is 4.98 Å². The third-order valence-electron chi connectivity index (χ3n) is 6.13. The summed E-state index contributed by atoms with van der Waals surface area (Å²) in [5.41, 5.74) is 1.35. The highest BCUT2D eigenvalue weighted by Gasteiger charge is 2.33. The molecule has 3 aliphatic rings. The quantitative estimate of drug-likeness (QED) is 0.811. The first-order valence-corrected chi connectivity index (χ1v) is 10.1. The third-order valence-corrected chi connectivity index (χ3v) is 6.13. The van der Waals surface area contributed by atoms with E-state index in [9.17, 15) is 9.59 Å². The maximum atomic E-state index is 12.9. The number of nitrogens with zero attached hydrogens (tertiary/aromatic N) is 3. The number of aromatic nitrogens is 1. The van der Waals surface area contributed by atoms with Gasteiger partial charge in [-0.3, -0.25) is 9.59 Å². The fraction of sp³-hybridized carbons (Fsp3) is 0.550. The summed E-state index contributed by atoms with van der Waals surface area (Å²) in [4.78, 5) is 34.1. The molecule has 0 aliphatic carbocycles. The number of hydrogen-bond acceptors (Lipinski definition) is 6. The minimum absolute atomic E-state index is 0.0607. The van der Waals surface area contributed by atoms with Crippen molar-refractivity contribution in [2.24, 2.45) is 5.92 Å². The largest absolute Gasteiger partial charge is 0.462 e. The minimum atomic E-state index is -0.184. The standard InChI is InChI=1S/C20H25N5O3/c26-19(23-14-7-13-1-4-24(10-13)11-14)17-8-15-16(12-28-18(15)9-22-17)20(27)25-5-2-21-3-6-25/h8-9,12-14,21H,1-7,10-11H2,(H,23,26)/t13-,14-/m1/s1. The molecular formula is C20H25N5O3. The second-order valence-corrected chi connectivity index (χ2v) is 8.08. The zero-order valence-corrected chi connectivity index (χ0v) is 15.8. The van der Waals surface area contributed by atoms with Crippen LogP contribution in [0.4, 0.5) is 0 Å². The van der Waals surface area contributed by atoms with Crippen molar-refractivity contribution in [2.45, 2.75) is 18.9 Å². The van der Waals surface area contributed by atoms with Crippen LogP contribution in [0, 0.1) is 5.92 Å². The SMILES string of the molecule is O=C(N[C@@H]1C[C@H]2CCN(C2)C1)c1cc2c(C(=O)N3CCNCC3)coc2cn1. The second kappa shape index (κ2) is 7.18. The smallest absolute Gasteiger partial charge is 0.270 e. The van der Waals surface area contributed by atoms with Gasteiger partial charge in [-0.05, 0) is 31.4 Å². The van der Waals surface area contributed by atoms with Crippen molar-refractivity contribution >= 4 is 22.8 Å². The Morgan fingerprint density at radius 3 is 2.89 bits per heavy atom. The minimum Gasteiger partial charge on any atom is -0.462 e. The molecule has 0 saturated carbocycles. The van der Waals surface area contributed by atoms with Crippen LogP contribution in [-0.2, 0) is 0 Å². The number of fused-ring (bicyclic) bond motifs is 3. The first kappa shape index (κ1) is 17.6. The van der Waals surface area contributed by atoms with E-state index >= 15 is 0 Å². The monoisotopic (exact) mass is 383 g/mol. The summed E-state index contributed by atoms with van der Waals surface area (Å²) in [6.45, 7) is 6.11. The Kier molecular flexibility index (Phi) is 4.52. The second-order valence-electron chi connectivity index (χ2n) is 8.08. The number of piperidine rings is 1. The number of amides is 2. The van der Waals surface area contributed by atoms with Crippen LogP contribution in [0.5, 0.6) is 0 Å². The lowest BCUT2D eigenvalue weighted by molar-refractivity contribution is 0.0736. The maximum Gasteiger partial charge on any atom is 0.270 e. The molecule has 1 unspecified atom stereocenters. The lowest BCUT2D eigenvalue weighted by Gasteiger charge is -2.30. The molecule has 148 valence electrons. The Morgan fingerprint density at radius 2 is 2.07 bits per heavy atom. The van der Waals surface area contributed by atoms with Crippen LogP contribution >= 0.6 is 0 Å². The molecule has 2 amide bonds. The molecule has 3 saturated heterocycles. The van der Waals surface area contributed by atoms with Gasteiger partial charge in [0, 0.05) is 50.7 Å². The Bertz CT molecular complexity index is 892. The number of rotatable bonds is 3. The Balaban J connectivity index is 1.35. The molecule has 3 aliphatic heterocycles. The van der Waals surface area contributed by atoms with E-state index < -0.39 is 0 Å². The van der Waals surface area contributed by atoms with Gasteiger partial charge in [0.2, 0.25) is 0 Å². The van der Waals surface area contributed by atoms with E-state index in [1.54, 1.807) is 6.07 Å². The molecule has 0 radical (unpaired) electrons. The molecule has 3 atom stereocenters. The van der Waals surface area contributed by atoms with Gasteiger partial charge in [0.05, 0.1) is 11.8 Å². The lowest BCUT2D eigenvalue weighted by Crippen LogP contribution is -2.47. The molecule has 28 heavy (non-hydrogen) atoms. The van der Waals surface area contributed by atoms with Crippen LogP contribution in [0.25, 0.3) is 11.0 Å². The number of carbonyl (C=O) groups excluding carboxylic acids is 2. The van der Waals surface area contributed by atoms with Gasteiger partial charge in [-0.2, -0.15) is 0 Å². The van der Waals surface area contributed by atoms with Gasteiger partial charge in [0.25, 0.3) is 11.8 Å². The topological polar surface area (TPSA) is 90.7 Å². The number of pyridine rings is 1. The van der Waals surface area contributed by atoms with Crippen LogP contribution < -0.4 is 10.6 Å². The van der Waals surface area contributed by atoms with Gasteiger partial charge >= 0.3 is 0 Å². The van der Waals surface area contributed by atoms with Crippen molar-refractivity contribution in [3.05, 3.63) is 29.8 Å². The summed E-state index contributed by atoms with van der Waals surface area (Å²) in [5, 5.41) is 7.02. The number of hydrogen-bond donors (Lipinski definition) is 2. The summed E-state index contributed by atoms with van der Waals surface area (Å²) >= 11 is 0. The van der Waals surface area contributed by atoms with Gasteiger partial charge in [0.15, 0.2) is 5.58 Å². The number of nitrogens with one attached hydrogen (secondary N) is 2. The Labute approximate surface area is 163 Å². The summed E-state index contributed by atoms with van der Waals surface area (Å²) in [6.07, 6.45) is 5.27. The molecule has 0 spiro atoms. The molecule has 5 heterocycles. The van der Waals surface area contributed by atoms with Crippen LogP contribution in [0.3, 0.4) is 0 Å². The van der Waals surface area contributed by atoms with E-state index in [0.29, 0.717) is 41.2 Å². The van der Waals surface area contributed by atoms with Crippen molar-refractivity contribution in [3.8, 4) is 0 Å². The van der Waals surface area contributed by atoms with Crippen LogP contribution in [0.15, 0.2) is 22.9 Å². The van der Waals surface area contributed by atoms with Crippen LogP contribution in [0.1, 0.15) is 33.7 Å². The molecule has 8 nitrogen and oxygen atoms in total. The number of carbonyl (C=O) groups is 2. The zero-order valence-electron chi connectivity index (χ0n) is 15.8. The highest BCUT2D eigenvalue weighted by Crippen LogP contribution is 2.27. The van der Waals surface area contributed by atoms with E-state index in [2.05, 4.69) is 20.5 Å². The first-order valence-electron chi connectivity index (χ1n) is 10.1. The normalized spacial score (nSPS) is 27.1. The molecular weight excluding hydrogens is 358 g/mol. The molecule has 5 rings (SSSR count). The van der Waals surface area contributed by atoms with Gasteiger partial charge in [0.1, 0.15) is 12.0 Å². The predicted molar refractivity (Wildman–Crippen MR) is 103 cm³/mol. The third kappa shape index (κ3) is 3.27.